The smallest absolute Gasteiger partial charge is 0.323 e. The summed E-state index contributed by atoms with van der Waals surface area (Å²) in [5.74, 6) is -0.0778. The van der Waals surface area contributed by atoms with Crippen LogP contribution in [0.3, 0.4) is 0 Å². The Morgan fingerprint density at radius 1 is 1.67 bits per heavy atom. The molecule has 3 nitrogen and oxygen atoms in total. The first-order chi connectivity index (χ1) is 5.65. The van der Waals surface area contributed by atoms with Crippen molar-refractivity contribution >= 4 is 5.97 Å². The van der Waals surface area contributed by atoms with Gasteiger partial charge >= 0.3 is 5.97 Å². The maximum atomic E-state index is 11.3. The molecule has 12 heavy (non-hydrogen) atoms. The van der Waals surface area contributed by atoms with E-state index in [0.29, 0.717) is 18.1 Å². The fourth-order valence-electron chi connectivity index (χ4n) is 2.06. The summed E-state index contributed by atoms with van der Waals surface area (Å²) < 4.78 is 4.94. The fourth-order valence-corrected chi connectivity index (χ4v) is 2.06. The molecule has 1 unspecified atom stereocenters. The van der Waals surface area contributed by atoms with Crippen LogP contribution in [-0.2, 0) is 9.53 Å². The molecule has 0 radical (unpaired) electrons. The Morgan fingerprint density at radius 3 is 2.92 bits per heavy atom. The van der Waals surface area contributed by atoms with Crippen LogP contribution in [-0.4, -0.2) is 24.7 Å². The molecule has 3 atom stereocenters. The lowest BCUT2D eigenvalue weighted by atomic mass is 10.0. The maximum Gasteiger partial charge on any atom is 0.323 e. The summed E-state index contributed by atoms with van der Waals surface area (Å²) in [6, 6.07) is 0.542. The van der Waals surface area contributed by atoms with Crippen LogP contribution in [0.4, 0.5) is 0 Å². The van der Waals surface area contributed by atoms with Gasteiger partial charge in [0.1, 0.15) is 6.04 Å². The summed E-state index contributed by atoms with van der Waals surface area (Å²) in [5, 5.41) is 3.28. The quantitative estimate of drug-likeness (QED) is 0.618. The first-order valence-corrected chi connectivity index (χ1v) is 4.58. The second kappa shape index (κ2) is 2.46. The Kier molecular flexibility index (Phi) is 1.65. The normalized spacial score (nSPS) is 43.8. The number of hydrogen-bond acceptors (Lipinski definition) is 3. The van der Waals surface area contributed by atoms with Gasteiger partial charge in [0.05, 0.1) is 6.61 Å². The minimum absolute atomic E-state index is 0.0336. The number of carbonyl (C=O) groups excluding carboxylic acids is 1. The zero-order valence-electron chi connectivity index (χ0n) is 7.59. The van der Waals surface area contributed by atoms with Crippen molar-refractivity contribution in [1.29, 1.82) is 0 Å². The highest BCUT2D eigenvalue weighted by atomic mass is 16.5. The van der Waals surface area contributed by atoms with Gasteiger partial charge in [-0.25, -0.2) is 0 Å². The largest absolute Gasteiger partial charge is 0.465 e. The van der Waals surface area contributed by atoms with Crippen LogP contribution in [0.1, 0.15) is 26.7 Å². The number of fused-ring (bicyclic) bond motifs is 1. The SMILES string of the molecule is CCOC(=O)[C@@H]1C[C@@]2(C)CC2N1. The van der Waals surface area contributed by atoms with Crippen molar-refractivity contribution in [2.45, 2.75) is 38.8 Å². The Hall–Kier alpha value is -0.570. The summed E-state index contributed by atoms with van der Waals surface area (Å²) in [6.07, 6.45) is 2.18. The molecule has 1 N–H and O–H groups in total. The molecule has 2 rings (SSSR count). The van der Waals surface area contributed by atoms with Crippen LogP contribution in [0, 0.1) is 5.41 Å². The van der Waals surface area contributed by atoms with Gasteiger partial charge in [0, 0.05) is 6.04 Å². The number of esters is 1. The number of ether oxygens (including phenoxy) is 1. The van der Waals surface area contributed by atoms with E-state index in [2.05, 4.69) is 12.2 Å². The molecule has 1 heterocycles. The Balaban J connectivity index is 1.88. The second-order valence-electron chi connectivity index (χ2n) is 4.09. The number of piperidine rings is 1. The molecular formula is C9H15NO2. The van der Waals surface area contributed by atoms with Crippen molar-refractivity contribution in [3.05, 3.63) is 0 Å². The monoisotopic (exact) mass is 169 g/mol. The molecule has 1 aliphatic heterocycles. The number of nitrogens with one attached hydrogen (secondary N) is 1. The average Bonchev–Trinajstić information content (AvgIpc) is 2.51. The third-order valence-electron chi connectivity index (χ3n) is 3.00. The third-order valence-corrected chi connectivity index (χ3v) is 3.00. The highest BCUT2D eigenvalue weighted by Crippen LogP contribution is 2.53. The van der Waals surface area contributed by atoms with Gasteiger partial charge in [-0.15, -0.1) is 0 Å². The molecular weight excluding hydrogens is 154 g/mol. The molecule has 68 valence electrons. The average molecular weight is 169 g/mol. The zero-order valence-corrected chi connectivity index (χ0v) is 7.59. The molecule has 3 heteroatoms. The first-order valence-electron chi connectivity index (χ1n) is 4.58. The standard InChI is InChI=1S/C9H15NO2/c1-3-12-8(11)6-4-9(2)5-7(9)10-6/h6-7,10H,3-5H2,1-2H3/t6-,7?,9-/m0/s1. The third kappa shape index (κ3) is 1.12. The van der Waals surface area contributed by atoms with Gasteiger partial charge in [-0.2, -0.15) is 0 Å². The van der Waals surface area contributed by atoms with Crippen LogP contribution < -0.4 is 5.32 Å². The lowest BCUT2D eigenvalue weighted by molar-refractivity contribution is -0.145. The van der Waals surface area contributed by atoms with Gasteiger partial charge in [-0.1, -0.05) is 6.92 Å². The topological polar surface area (TPSA) is 38.3 Å². The molecule has 1 saturated carbocycles. The van der Waals surface area contributed by atoms with Crippen molar-refractivity contribution in [3.8, 4) is 0 Å². The Morgan fingerprint density at radius 2 is 2.42 bits per heavy atom. The number of carbonyl (C=O) groups is 1. The number of hydrogen-bond donors (Lipinski definition) is 1. The molecule has 0 aromatic heterocycles. The van der Waals surface area contributed by atoms with Crippen molar-refractivity contribution < 1.29 is 9.53 Å². The summed E-state index contributed by atoms with van der Waals surface area (Å²) in [5.41, 5.74) is 0.400. The molecule has 1 aliphatic carbocycles. The van der Waals surface area contributed by atoms with Crippen molar-refractivity contribution in [2.75, 3.05) is 6.61 Å². The predicted molar refractivity (Wildman–Crippen MR) is 44.7 cm³/mol. The lowest BCUT2D eigenvalue weighted by Gasteiger charge is -2.12. The van der Waals surface area contributed by atoms with E-state index in [9.17, 15) is 4.79 Å². The van der Waals surface area contributed by atoms with Gasteiger partial charge < -0.3 is 10.1 Å². The van der Waals surface area contributed by atoms with Crippen LogP contribution in [0.5, 0.6) is 0 Å². The van der Waals surface area contributed by atoms with Crippen molar-refractivity contribution in [1.82, 2.24) is 5.32 Å². The molecule has 0 bridgehead atoms. The van der Waals surface area contributed by atoms with Crippen LogP contribution in [0.15, 0.2) is 0 Å². The van der Waals surface area contributed by atoms with E-state index in [1.54, 1.807) is 0 Å². The van der Waals surface area contributed by atoms with Gasteiger partial charge in [0.2, 0.25) is 0 Å². The lowest BCUT2D eigenvalue weighted by Crippen LogP contribution is -2.35. The summed E-state index contributed by atoms with van der Waals surface area (Å²) in [6.45, 7) is 4.55. The molecule has 0 aromatic rings. The maximum absolute atomic E-state index is 11.3. The summed E-state index contributed by atoms with van der Waals surface area (Å²) in [4.78, 5) is 11.3. The molecule has 0 spiro atoms. The van der Waals surface area contributed by atoms with Gasteiger partial charge in [-0.05, 0) is 25.2 Å². The van der Waals surface area contributed by atoms with E-state index >= 15 is 0 Å². The predicted octanol–water partition coefficient (Wildman–Crippen LogP) is 0.690. The summed E-state index contributed by atoms with van der Waals surface area (Å²) >= 11 is 0. The molecule has 0 aromatic carbocycles. The van der Waals surface area contributed by atoms with Gasteiger partial charge in [-0.3, -0.25) is 4.79 Å². The number of rotatable bonds is 2. The first kappa shape index (κ1) is 8.05. The van der Waals surface area contributed by atoms with Crippen LogP contribution in [0.25, 0.3) is 0 Å². The highest BCUT2D eigenvalue weighted by molar-refractivity contribution is 5.76. The van der Waals surface area contributed by atoms with E-state index in [-0.39, 0.29) is 12.0 Å². The van der Waals surface area contributed by atoms with E-state index in [1.165, 1.54) is 6.42 Å². The minimum Gasteiger partial charge on any atom is -0.465 e. The second-order valence-corrected chi connectivity index (χ2v) is 4.09. The molecule has 1 saturated heterocycles. The van der Waals surface area contributed by atoms with E-state index < -0.39 is 0 Å². The van der Waals surface area contributed by atoms with E-state index in [4.69, 9.17) is 4.74 Å². The summed E-state index contributed by atoms with van der Waals surface area (Å²) in [7, 11) is 0. The Labute approximate surface area is 72.5 Å². The minimum atomic E-state index is -0.0778. The molecule has 2 fully saturated rings. The van der Waals surface area contributed by atoms with Crippen LogP contribution >= 0.6 is 0 Å². The Bertz CT molecular complexity index is 217. The fraction of sp³-hybridized carbons (Fsp3) is 0.889. The van der Waals surface area contributed by atoms with Crippen LogP contribution in [0.2, 0.25) is 0 Å². The van der Waals surface area contributed by atoms with E-state index in [1.807, 2.05) is 6.92 Å². The van der Waals surface area contributed by atoms with Crippen molar-refractivity contribution in [3.63, 3.8) is 0 Å². The van der Waals surface area contributed by atoms with Gasteiger partial charge in [0.25, 0.3) is 0 Å². The van der Waals surface area contributed by atoms with E-state index in [0.717, 1.165) is 6.42 Å². The van der Waals surface area contributed by atoms with Crippen molar-refractivity contribution in [2.24, 2.45) is 5.41 Å². The van der Waals surface area contributed by atoms with Gasteiger partial charge in [0.15, 0.2) is 0 Å². The molecule has 0 amide bonds. The zero-order chi connectivity index (χ0) is 8.77. The highest BCUT2D eigenvalue weighted by Gasteiger charge is 2.58. The molecule has 2 aliphatic rings.